The summed E-state index contributed by atoms with van der Waals surface area (Å²) in [4.78, 5) is 3.76. The Hall–Kier alpha value is -1.77. The van der Waals surface area contributed by atoms with E-state index in [9.17, 15) is 0 Å². The summed E-state index contributed by atoms with van der Waals surface area (Å²) < 4.78 is 0. The zero-order valence-corrected chi connectivity index (χ0v) is 6.31. The minimum atomic E-state index is 0.773. The van der Waals surface area contributed by atoms with Crippen molar-refractivity contribution in [3.63, 3.8) is 0 Å². The van der Waals surface area contributed by atoms with Crippen LogP contribution in [0.3, 0.4) is 0 Å². The number of aromatic nitrogens is 3. The Kier molecular flexibility index (Phi) is 1.78. The first-order valence-electron chi connectivity index (χ1n) is 3.58. The third-order valence-electron chi connectivity index (χ3n) is 1.52. The van der Waals surface area contributed by atoms with Gasteiger partial charge >= 0.3 is 0 Å². The predicted octanol–water partition coefficient (Wildman–Crippen LogP) is 1.34. The van der Waals surface area contributed by atoms with Crippen molar-refractivity contribution in [1.82, 2.24) is 15.2 Å². The molecule has 2 aromatic rings. The van der Waals surface area contributed by atoms with E-state index in [0.29, 0.717) is 0 Å². The van der Waals surface area contributed by atoms with E-state index in [2.05, 4.69) is 21.5 Å². The van der Waals surface area contributed by atoms with Crippen LogP contribution >= 0.6 is 0 Å². The maximum Gasteiger partial charge on any atom is 0.221 e. The van der Waals surface area contributed by atoms with Crippen LogP contribution in [-0.2, 0) is 0 Å². The fourth-order valence-corrected chi connectivity index (χ4v) is 0.959. The van der Waals surface area contributed by atoms with Gasteiger partial charge in [0, 0.05) is 5.56 Å². The molecule has 1 heterocycles. The third-order valence-corrected chi connectivity index (χ3v) is 1.52. The van der Waals surface area contributed by atoms with Crippen LogP contribution < -0.4 is 0 Å². The van der Waals surface area contributed by atoms with Gasteiger partial charge in [0.15, 0.2) is 0 Å². The second-order valence-corrected chi connectivity index (χ2v) is 2.31. The summed E-state index contributed by atoms with van der Waals surface area (Å²) in [5.74, 6) is 0. The Labute approximate surface area is 70.1 Å². The van der Waals surface area contributed by atoms with Crippen molar-refractivity contribution < 1.29 is 0 Å². The topological polar surface area (TPSA) is 38.7 Å². The average molecular weight is 156 g/mol. The van der Waals surface area contributed by atoms with Crippen LogP contribution in [0.15, 0.2) is 36.5 Å². The highest BCUT2D eigenvalue weighted by atomic mass is 15.1. The largest absolute Gasteiger partial charge is 0.230 e. The first kappa shape index (κ1) is 6.91. The predicted molar refractivity (Wildman–Crippen MR) is 44.1 cm³/mol. The molecule has 57 valence electrons. The number of hydrogen-bond acceptors (Lipinski definition) is 3. The smallest absolute Gasteiger partial charge is 0.221 e. The highest BCUT2D eigenvalue weighted by Crippen LogP contribution is 2.12. The Morgan fingerprint density at radius 3 is 2.58 bits per heavy atom. The van der Waals surface area contributed by atoms with Crippen LogP contribution in [0.4, 0.5) is 0 Å². The van der Waals surface area contributed by atoms with Crippen molar-refractivity contribution in [3.8, 4) is 11.3 Å². The fraction of sp³-hybridized carbons (Fsp3) is 0. The molecular formula is C9H6N3. The van der Waals surface area contributed by atoms with Crippen molar-refractivity contribution in [3.05, 3.63) is 42.9 Å². The first-order chi connectivity index (χ1) is 5.97. The fourth-order valence-electron chi connectivity index (χ4n) is 0.959. The molecule has 0 atom stereocenters. The molecule has 0 saturated carbocycles. The van der Waals surface area contributed by atoms with Gasteiger partial charge in [0.2, 0.25) is 6.33 Å². The SMILES string of the molecule is [c]1ncc(-c2ccccc2)nn1. The van der Waals surface area contributed by atoms with E-state index in [1.165, 1.54) is 0 Å². The Morgan fingerprint density at radius 2 is 1.92 bits per heavy atom. The van der Waals surface area contributed by atoms with E-state index >= 15 is 0 Å². The highest BCUT2D eigenvalue weighted by Gasteiger charge is 1.95. The van der Waals surface area contributed by atoms with Crippen molar-refractivity contribution in [2.75, 3.05) is 0 Å². The molecule has 0 aliphatic rings. The summed E-state index contributed by atoms with van der Waals surface area (Å²) in [6, 6.07) is 9.79. The quantitative estimate of drug-likeness (QED) is 0.625. The van der Waals surface area contributed by atoms with Crippen molar-refractivity contribution in [2.24, 2.45) is 0 Å². The van der Waals surface area contributed by atoms with Gasteiger partial charge in [-0.25, -0.2) is 4.98 Å². The summed E-state index contributed by atoms with van der Waals surface area (Å²) in [6.45, 7) is 0. The summed E-state index contributed by atoms with van der Waals surface area (Å²) >= 11 is 0. The van der Waals surface area contributed by atoms with Crippen LogP contribution in [0, 0.1) is 6.33 Å². The molecule has 0 spiro atoms. The lowest BCUT2D eigenvalue weighted by Crippen LogP contribution is -1.87. The maximum atomic E-state index is 3.88. The molecule has 0 aliphatic heterocycles. The minimum Gasteiger partial charge on any atom is -0.230 e. The van der Waals surface area contributed by atoms with Gasteiger partial charge in [-0.2, -0.15) is 0 Å². The van der Waals surface area contributed by atoms with Crippen molar-refractivity contribution >= 4 is 0 Å². The van der Waals surface area contributed by atoms with Gasteiger partial charge in [0.05, 0.1) is 6.20 Å². The Morgan fingerprint density at radius 1 is 1.08 bits per heavy atom. The molecule has 0 unspecified atom stereocenters. The molecule has 0 aliphatic carbocycles. The van der Waals surface area contributed by atoms with Gasteiger partial charge in [-0.1, -0.05) is 30.3 Å². The zero-order chi connectivity index (χ0) is 8.23. The first-order valence-corrected chi connectivity index (χ1v) is 3.58. The van der Waals surface area contributed by atoms with Gasteiger partial charge in [-0.3, -0.25) is 0 Å². The number of nitrogens with zero attached hydrogens (tertiary/aromatic N) is 3. The van der Waals surface area contributed by atoms with Crippen LogP contribution in [-0.4, -0.2) is 15.2 Å². The second kappa shape index (κ2) is 3.09. The van der Waals surface area contributed by atoms with Crippen molar-refractivity contribution in [1.29, 1.82) is 0 Å². The standard InChI is InChI=1S/C9H6N3/c1-2-4-8(5-3-1)9-6-10-7-11-12-9/h1-6H. The van der Waals surface area contributed by atoms with E-state index < -0.39 is 0 Å². The molecule has 0 amide bonds. The van der Waals surface area contributed by atoms with E-state index in [-0.39, 0.29) is 0 Å². The molecular weight excluding hydrogens is 150 g/mol. The van der Waals surface area contributed by atoms with Crippen LogP contribution in [0.2, 0.25) is 0 Å². The number of benzene rings is 1. The lowest BCUT2D eigenvalue weighted by atomic mass is 10.2. The molecule has 0 bridgehead atoms. The lowest BCUT2D eigenvalue weighted by molar-refractivity contribution is 0.965. The molecule has 0 saturated heterocycles. The lowest BCUT2D eigenvalue weighted by Gasteiger charge is -1.95. The molecule has 0 N–H and O–H groups in total. The van der Waals surface area contributed by atoms with E-state index in [1.807, 2.05) is 30.3 Å². The van der Waals surface area contributed by atoms with E-state index in [4.69, 9.17) is 0 Å². The Balaban J connectivity index is 2.46. The van der Waals surface area contributed by atoms with E-state index in [0.717, 1.165) is 11.3 Å². The number of rotatable bonds is 1. The van der Waals surface area contributed by atoms with Crippen molar-refractivity contribution in [2.45, 2.75) is 0 Å². The maximum absolute atomic E-state index is 3.88. The zero-order valence-electron chi connectivity index (χ0n) is 6.31. The normalized spacial score (nSPS) is 9.67. The monoisotopic (exact) mass is 156 g/mol. The molecule has 1 aromatic heterocycles. The minimum absolute atomic E-state index is 0.773. The summed E-state index contributed by atoms with van der Waals surface area (Å²) in [7, 11) is 0. The Bertz CT molecular complexity index is 307. The van der Waals surface area contributed by atoms with Crippen LogP contribution in [0.25, 0.3) is 11.3 Å². The molecule has 2 rings (SSSR count). The second-order valence-electron chi connectivity index (χ2n) is 2.31. The van der Waals surface area contributed by atoms with Gasteiger partial charge in [0.1, 0.15) is 5.69 Å². The molecule has 12 heavy (non-hydrogen) atoms. The van der Waals surface area contributed by atoms with Gasteiger partial charge in [-0.05, 0) is 0 Å². The average Bonchev–Trinajstić information content (AvgIpc) is 2.21. The molecule has 1 aromatic carbocycles. The summed E-state index contributed by atoms with van der Waals surface area (Å²) in [5.41, 5.74) is 1.79. The molecule has 0 fully saturated rings. The third kappa shape index (κ3) is 1.29. The molecule has 3 heteroatoms. The van der Waals surface area contributed by atoms with Crippen LogP contribution in [0.1, 0.15) is 0 Å². The number of hydrogen-bond donors (Lipinski definition) is 0. The highest BCUT2D eigenvalue weighted by molar-refractivity contribution is 5.56. The summed E-state index contributed by atoms with van der Waals surface area (Å²) in [5, 5.41) is 7.46. The molecule has 1 radical (unpaired) electrons. The van der Waals surface area contributed by atoms with Gasteiger partial charge < -0.3 is 0 Å². The van der Waals surface area contributed by atoms with Gasteiger partial charge in [-0.15, -0.1) is 10.2 Å². The molecule has 3 nitrogen and oxygen atoms in total. The van der Waals surface area contributed by atoms with Crippen LogP contribution in [0.5, 0.6) is 0 Å². The van der Waals surface area contributed by atoms with E-state index in [1.54, 1.807) is 6.20 Å². The summed E-state index contributed by atoms with van der Waals surface area (Å²) in [6.07, 6.45) is 4.03. The van der Waals surface area contributed by atoms with Gasteiger partial charge in [0.25, 0.3) is 0 Å².